The Balaban J connectivity index is 2.64. The molecule has 1 aliphatic heterocycles. The minimum absolute atomic E-state index is 0.131. The van der Waals surface area contributed by atoms with Gasteiger partial charge in [-0.05, 0) is 38.8 Å². The normalized spacial score (nSPS) is 18.1. The maximum atomic E-state index is 12.2. The molecule has 3 N–H and O–H groups in total. The van der Waals surface area contributed by atoms with Gasteiger partial charge in [0, 0.05) is 12.6 Å². The lowest BCUT2D eigenvalue weighted by molar-refractivity contribution is -0.140. The molecule has 0 radical (unpaired) electrons. The number of nitrogens with one attached hydrogen (secondary N) is 2. The monoisotopic (exact) mass is 271 g/mol. The first-order chi connectivity index (χ1) is 8.97. The molecule has 2 amide bonds. The minimum Gasteiger partial charge on any atom is -0.480 e. The van der Waals surface area contributed by atoms with Crippen LogP contribution in [0.2, 0.25) is 0 Å². The summed E-state index contributed by atoms with van der Waals surface area (Å²) < 4.78 is 0. The van der Waals surface area contributed by atoms with Crippen LogP contribution in [0.1, 0.15) is 33.6 Å². The van der Waals surface area contributed by atoms with Gasteiger partial charge in [0.2, 0.25) is 0 Å². The zero-order valence-corrected chi connectivity index (χ0v) is 12.0. The van der Waals surface area contributed by atoms with Crippen LogP contribution in [0.4, 0.5) is 4.79 Å². The third-order valence-corrected chi connectivity index (χ3v) is 3.56. The van der Waals surface area contributed by atoms with Crippen molar-refractivity contribution in [2.75, 3.05) is 19.6 Å². The van der Waals surface area contributed by atoms with Gasteiger partial charge in [0.05, 0.1) is 0 Å². The van der Waals surface area contributed by atoms with Crippen molar-refractivity contribution in [1.29, 1.82) is 0 Å². The second kappa shape index (κ2) is 7.33. The molecule has 1 heterocycles. The lowest BCUT2D eigenvalue weighted by Crippen LogP contribution is -2.54. The molecule has 0 aromatic rings. The fourth-order valence-corrected chi connectivity index (χ4v) is 2.42. The summed E-state index contributed by atoms with van der Waals surface area (Å²) in [6.45, 7) is 7.91. The summed E-state index contributed by atoms with van der Waals surface area (Å²) in [6, 6.07) is -0.897. The smallest absolute Gasteiger partial charge is 0.326 e. The number of carboxylic acid groups (broad SMARTS) is 1. The number of urea groups is 1. The number of carbonyl (C=O) groups excluding carboxylic acids is 1. The molecule has 0 spiro atoms. The Hall–Kier alpha value is -1.30. The number of hydrogen-bond donors (Lipinski definition) is 3. The van der Waals surface area contributed by atoms with Crippen LogP contribution in [0, 0.1) is 5.92 Å². The van der Waals surface area contributed by atoms with E-state index in [4.69, 9.17) is 5.11 Å². The molecule has 1 aliphatic rings. The van der Waals surface area contributed by atoms with Crippen molar-refractivity contribution in [2.24, 2.45) is 5.92 Å². The van der Waals surface area contributed by atoms with E-state index in [9.17, 15) is 9.59 Å². The predicted octanol–water partition coefficient (Wildman–Crippen LogP) is 0.879. The van der Waals surface area contributed by atoms with Gasteiger partial charge < -0.3 is 20.6 Å². The standard InChI is InChI=1S/C13H25N3O3/c1-4-16(10-5-7-14-8-6-10)13(19)15-11(9(2)3)12(17)18/h9-11,14H,4-8H2,1-3H3,(H,15,19)(H,17,18)/t11-/m1/s1. The molecule has 6 nitrogen and oxygen atoms in total. The Morgan fingerprint density at radius 2 is 1.95 bits per heavy atom. The number of hydrogen-bond acceptors (Lipinski definition) is 3. The molecule has 0 aromatic carbocycles. The Morgan fingerprint density at radius 3 is 2.37 bits per heavy atom. The highest BCUT2D eigenvalue weighted by molar-refractivity contribution is 5.82. The molecule has 1 rings (SSSR count). The molecule has 6 heteroatoms. The summed E-state index contributed by atoms with van der Waals surface area (Å²) in [6.07, 6.45) is 1.83. The Bertz CT molecular complexity index is 314. The van der Waals surface area contributed by atoms with Crippen molar-refractivity contribution in [1.82, 2.24) is 15.5 Å². The summed E-state index contributed by atoms with van der Waals surface area (Å²) in [4.78, 5) is 25.1. The fraction of sp³-hybridized carbons (Fsp3) is 0.846. The van der Waals surface area contributed by atoms with Gasteiger partial charge in [-0.3, -0.25) is 0 Å². The van der Waals surface area contributed by atoms with Gasteiger partial charge in [0.15, 0.2) is 0 Å². The van der Waals surface area contributed by atoms with Crippen LogP contribution in [-0.2, 0) is 4.79 Å². The number of rotatable bonds is 5. The summed E-state index contributed by atoms with van der Waals surface area (Å²) in [5, 5.41) is 15.0. The van der Waals surface area contributed by atoms with Crippen LogP contribution >= 0.6 is 0 Å². The van der Waals surface area contributed by atoms with E-state index in [1.54, 1.807) is 18.7 Å². The van der Waals surface area contributed by atoms with Crippen LogP contribution in [0.25, 0.3) is 0 Å². The van der Waals surface area contributed by atoms with Gasteiger partial charge in [0.25, 0.3) is 0 Å². The highest BCUT2D eigenvalue weighted by Gasteiger charge is 2.29. The maximum absolute atomic E-state index is 12.2. The first-order valence-electron chi connectivity index (χ1n) is 6.98. The predicted molar refractivity (Wildman–Crippen MR) is 73.1 cm³/mol. The molecular formula is C13H25N3O3. The summed E-state index contributed by atoms with van der Waals surface area (Å²) >= 11 is 0. The third kappa shape index (κ3) is 4.38. The third-order valence-electron chi connectivity index (χ3n) is 3.56. The van der Waals surface area contributed by atoms with Gasteiger partial charge in [-0.15, -0.1) is 0 Å². The second-order valence-corrected chi connectivity index (χ2v) is 5.28. The summed E-state index contributed by atoms with van der Waals surface area (Å²) in [5.74, 6) is -1.11. The zero-order valence-electron chi connectivity index (χ0n) is 12.0. The Kier molecular flexibility index (Phi) is 6.08. The molecular weight excluding hydrogens is 246 g/mol. The van der Waals surface area contributed by atoms with Gasteiger partial charge in [-0.25, -0.2) is 9.59 Å². The highest BCUT2D eigenvalue weighted by atomic mass is 16.4. The van der Waals surface area contributed by atoms with Crippen LogP contribution in [-0.4, -0.2) is 53.7 Å². The van der Waals surface area contributed by atoms with Crippen LogP contribution in [0.15, 0.2) is 0 Å². The minimum atomic E-state index is -0.982. The van der Waals surface area contributed by atoms with E-state index in [0.717, 1.165) is 25.9 Å². The molecule has 110 valence electrons. The van der Waals surface area contributed by atoms with Crippen LogP contribution < -0.4 is 10.6 Å². The van der Waals surface area contributed by atoms with E-state index in [1.807, 2.05) is 6.92 Å². The summed E-state index contributed by atoms with van der Waals surface area (Å²) in [5.41, 5.74) is 0. The van der Waals surface area contributed by atoms with E-state index in [-0.39, 0.29) is 18.0 Å². The number of nitrogens with zero attached hydrogens (tertiary/aromatic N) is 1. The topological polar surface area (TPSA) is 81.7 Å². The van der Waals surface area contributed by atoms with E-state index < -0.39 is 12.0 Å². The largest absolute Gasteiger partial charge is 0.480 e. The lowest BCUT2D eigenvalue weighted by atomic mass is 10.0. The average molecular weight is 271 g/mol. The van der Waals surface area contributed by atoms with Crippen molar-refractivity contribution >= 4 is 12.0 Å². The van der Waals surface area contributed by atoms with Crippen LogP contribution in [0.3, 0.4) is 0 Å². The van der Waals surface area contributed by atoms with E-state index in [0.29, 0.717) is 6.54 Å². The molecule has 0 saturated carbocycles. The SMILES string of the molecule is CCN(C(=O)N[C@@H](C(=O)O)C(C)C)C1CCNCC1. The first-order valence-corrected chi connectivity index (χ1v) is 6.98. The molecule has 0 bridgehead atoms. The molecule has 0 aromatic heterocycles. The number of aliphatic carboxylic acids is 1. The lowest BCUT2D eigenvalue weighted by Gasteiger charge is -2.35. The van der Waals surface area contributed by atoms with Crippen molar-refractivity contribution in [3.63, 3.8) is 0 Å². The zero-order chi connectivity index (χ0) is 14.4. The average Bonchev–Trinajstić information content (AvgIpc) is 2.37. The van der Waals surface area contributed by atoms with Crippen molar-refractivity contribution < 1.29 is 14.7 Å². The number of carboxylic acids is 1. The Morgan fingerprint density at radius 1 is 1.37 bits per heavy atom. The van der Waals surface area contributed by atoms with E-state index in [2.05, 4.69) is 10.6 Å². The van der Waals surface area contributed by atoms with Crippen molar-refractivity contribution in [2.45, 2.75) is 45.7 Å². The highest BCUT2D eigenvalue weighted by Crippen LogP contribution is 2.12. The molecule has 1 fully saturated rings. The van der Waals surface area contributed by atoms with Crippen molar-refractivity contribution in [3.05, 3.63) is 0 Å². The van der Waals surface area contributed by atoms with Crippen LogP contribution in [0.5, 0.6) is 0 Å². The first kappa shape index (κ1) is 15.8. The molecule has 0 aliphatic carbocycles. The number of piperidine rings is 1. The van der Waals surface area contributed by atoms with Gasteiger partial charge in [-0.2, -0.15) is 0 Å². The van der Waals surface area contributed by atoms with E-state index in [1.165, 1.54) is 0 Å². The Labute approximate surface area is 114 Å². The van der Waals surface area contributed by atoms with Gasteiger partial charge in [0.1, 0.15) is 6.04 Å². The number of amides is 2. The maximum Gasteiger partial charge on any atom is 0.326 e. The summed E-state index contributed by atoms with van der Waals surface area (Å²) in [7, 11) is 0. The number of carbonyl (C=O) groups is 2. The molecule has 1 saturated heterocycles. The van der Waals surface area contributed by atoms with Gasteiger partial charge in [-0.1, -0.05) is 13.8 Å². The second-order valence-electron chi connectivity index (χ2n) is 5.28. The molecule has 19 heavy (non-hydrogen) atoms. The quantitative estimate of drug-likeness (QED) is 0.693. The van der Waals surface area contributed by atoms with Crippen molar-refractivity contribution in [3.8, 4) is 0 Å². The van der Waals surface area contributed by atoms with Gasteiger partial charge >= 0.3 is 12.0 Å². The molecule has 1 atom stereocenters. The molecule has 0 unspecified atom stereocenters. The fourth-order valence-electron chi connectivity index (χ4n) is 2.42. The van der Waals surface area contributed by atoms with E-state index >= 15 is 0 Å².